The van der Waals surface area contributed by atoms with Crippen molar-refractivity contribution in [1.29, 1.82) is 0 Å². The number of hydrogen-bond donors (Lipinski definition) is 2. The van der Waals surface area contributed by atoms with Crippen LogP contribution < -0.4 is 10.6 Å². The molecular weight excluding hydrogens is 353 g/mol. The number of likely N-dealkylation sites (tertiary alicyclic amines) is 1. The third-order valence-corrected chi connectivity index (χ3v) is 4.20. The largest absolute Gasteiger partial charge is 0.350 e. The number of rotatable bonds is 4. The number of hydrogen-bond acceptors (Lipinski definition) is 3. The molecule has 0 spiro atoms. The van der Waals surface area contributed by atoms with E-state index in [1.165, 1.54) is 0 Å². The second kappa shape index (κ2) is 7.85. The van der Waals surface area contributed by atoms with Crippen molar-refractivity contribution < 1.29 is 14.4 Å². The fourth-order valence-corrected chi connectivity index (χ4v) is 2.94. The maximum absolute atomic E-state index is 12.4. The zero-order valence-corrected chi connectivity index (χ0v) is 14.9. The predicted octanol–water partition coefficient (Wildman–Crippen LogP) is 2.72. The fraction of sp³-hybridized carbons (Fsp3) is 0.438. The first-order valence-electron chi connectivity index (χ1n) is 7.63. The summed E-state index contributed by atoms with van der Waals surface area (Å²) in [5.74, 6) is -0.733. The number of carbonyl (C=O) groups is 3. The van der Waals surface area contributed by atoms with Gasteiger partial charge in [0.25, 0.3) is 0 Å². The van der Waals surface area contributed by atoms with Gasteiger partial charge in [0.1, 0.15) is 6.04 Å². The molecule has 0 aliphatic carbocycles. The molecule has 0 unspecified atom stereocenters. The molecule has 1 heterocycles. The molecule has 24 heavy (non-hydrogen) atoms. The van der Waals surface area contributed by atoms with Crippen LogP contribution in [0.1, 0.15) is 32.3 Å². The molecule has 0 bridgehead atoms. The van der Waals surface area contributed by atoms with E-state index in [1.807, 2.05) is 0 Å². The van der Waals surface area contributed by atoms with Gasteiger partial charge in [-0.3, -0.25) is 14.5 Å². The lowest BCUT2D eigenvalue weighted by Gasteiger charge is -2.23. The van der Waals surface area contributed by atoms with Gasteiger partial charge in [0.15, 0.2) is 0 Å². The molecular formula is C16H19Cl2N3O3. The molecule has 1 fully saturated rings. The number of benzene rings is 1. The van der Waals surface area contributed by atoms with Crippen molar-refractivity contribution >= 4 is 41.0 Å². The molecule has 2 rings (SSSR count). The number of nitrogens with zero attached hydrogens (tertiary/aromatic N) is 1. The zero-order valence-electron chi connectivity index (χ0n) is 13.4. The highest BCUT2D eigenvalue weighted by molar-refractivity contribution is 6.35. The molecule has 1 aromatic rings. The SMILES string of the molecule is CC(C)NC(=O)N1C(=O)CC[C@H]1C(=O)NCc1ccc(Cl)cc1Cl. The summed E-state index contributed by atoms with van der Waals surface area (Å²) >= 11 is 11.9. The van der Waals surface area contributed by atoms with Crippen LogP contribution in [0.3, 0.4) is 0 Å². The van der Waals surface area contributed by atoms with Crippen molar-refractivity contribution in [3.8, 4) is 0 Å². The van der Waals surface area contributed by atoms with Crippen molar-refractivity contribution in [2.75, 3.05) is 0 Å². The van der Waals surface area contributed by atoms with Crippen molar-refractivity contribution in [2.45, 2.75) is 45.3 Å². The Hall–Kier alpha value is -1.79. The van der Waals surface area contributed by atoms with Crippen molar-refractivity contribution in [3.63, 3.8) is 0 Å². The number of nitrogens with one attached hydrogen (secondary N) is 2. The van der Waals surface area contributed by atoms with Crippen molar-refractivity contribution in [2.24, 2.45) is 0 Å². The zero-order chi connectivity index (χ0) is 17.9. The summed E-state index contributed by atoms with van der Waals surface area (Å²) in [5, 5.41) is 6.31. The van der Waals surface area contributed by atoms with E-state index in [9.17, 15) is 14.4 Å². The lowest BCUT2D eigenvalue weighted by Crippen LogP contribution is -2.52. The average Bonchev–Trinajstić information content (AvgIpc) is 2.87. The Balaban J connectivity index is 2.02. The maximum Gasteiger partial charge on any atom is 0.325 e. The fourth-order valence-electron chi connectivity index (χ4n) is 2.47. The minimum atomic E-state index is -0.803. The Morgan fingerprint density at radius 1 is 1.33 bits per heavy atom. The van der Waals surface area contributed by atoms with Gasteiger partial charge in [0.05, 0.1) is 0 Å². The summed E-state index contributed by atoms with van der Waals surface area (Å²) in [4.78, 5) is 37.4. The van der Waals surface area contributed by atoms with Gasteiger partial charge in [-0.25, -0.2) is 4.79 Å². The van der Waals surface area contributed by atoms with E-state index < -0.39 is 12.1 Å². The quantitative estimate of drug-likeness (QED) is 0.853. The molecule has 0 saturated carbocycles. The van der Waals surface area contributed by atoms with Gasteiger partial charge >= 0.3 is 6.03 Å². The summed E-state index contributed by atoms with van der Waals surface area (Å²) in [5.41, 5.74) is 0.705. The van der Waals surface area contributed by atoms with Gasteiger partial charge < -0.3 is 10.6 Å². The molecule has 6 nitrogen and oxygen atoms in total. The molecule has 0 radical (unpaired) electrons. The summed E-state index contributed by atoms with van der Waals surface area (Å²) in [6.45, 7) is 3.77. The van der Waals surface area contributed by atoms with E-state index in [4.69, 9.17) is 23.2 Å². The Morgan fingerprint density at radius 3 is 2.67 bits per heavy atom. The smallest absolute Gasteiger partial charge is 0.325 e. The third kappa shape index (κ3) is 4.39. The van der Waals surface area contributed by atoms with Crippen LogP contribution in [0.25, 0.3) is 0 Å². The molecule has 1 aromatic carbocycles. The Kier molecular flexibility index (Phi) is 6.07. The summed E-state index contributed by atoms with van der Waals surface area (Å²) < 4.78 is 0. The Labute approximate surface area is 150 Å². The molecule has 1 atom stereocenters. The monoisotopic (exact) mass is 371 g/mol. The first-order valence-corrected chi connectivity index (χ1v) is 8.39. The second-order valence-corrected chi connectivity index (χ2v) is 6.72. The number of amides is 4. The second-order valence-electron chi connectivity index (χ2n) is 5.88. The van der Waals surface area contributed by atoms with Crippen LogP contribution in [0.2, 0.25) is 10.0 Å². The average molecular weight is 372 g/mol. The summed E-state index contributed by atoms with van der Waals surface area (Å²) in [6, 6.07) is 3.51. The van der Waals surface area contributed by atoms with Crippen molar-refractivity contribution in [3.05, 3.63) is 33.8 Å². The van der Waals surface area contributed by atoms with Crippen LogP contribution in [0, 0.1) is 0 Å². The molecule has 0 aromatic heterocycles. The van der Waals surface area contributed by atoms with Gasteiger partial charge in [-0.15, -0.1) is 0 Å². The van der Waals surface area contributed by atoms with E-state index in [2.05, 4.69) is 10.6 Å². The highest BCUT2D eigenvalue weighted by atomic mass is 35.5. The first-order chi connectivity index (χ1) is 11.3. The van der Waals surface area contributed by atoms with E-state index in [0.29, 0.717) is 22.0 Å². The van der Waals surface area contributed by atoms with Gasteiger partial charge in [-0.1, -0.05) is 29.3 Å². The summed E-state index contributed by atoms with van der Waals surface area (Å²) in [7, 11) is 0. The van der Waals surface area contributed by atoms with Crippen LogP contribution >= 0.6 is 23.2 Å². The minimum Gasteiger partial charge on any atom is -0.350 e. The predicted molar refractivity (Wildman–Crippen MR) is 91.8 cm³/mol. The molecule has 1 aliphatic rings. The van der Waals surface area contributed by atoms with E-state index >= 15 is 0 Å². The lowest BCUT2D eigenvalue weighted by molar-refractivity contribution is -0.132. The van der Waals surface area contributed by atoms with E-state index in [-0.39, 0.29) is 30.8 Å². The van der Waals surface area contributed by atoms with Gasteiger partial charge in [0, 0.05) is 29.1 Å². The van der Waals surface area contributed by atoms with Gasteiger partial charge in [-0.2, -0.15) is 0 Å². The summed E-state index contributed by atoms with van der Waals surface area (Å²) in [6.07, 6.45) is 0.482. The number of urea groups is 1. The molecule has 4 amide bonds. The van der Waals surface area contributed by atoms with Crippen LogP contribution in [-0.4, -0.2) is 34.8 Å². The number of carbonyl (C=O) groups excluding carboxylic acids is 3. The highest BCUT2D eigenvalue weighted by Crippen LogP contribution is 2.22. The van der Waals surface area contributed by atoms with Crippen LogP contribution in [0.15, 0.2) is 18.2 Å². The first kappa shape index (κ1) is 18.5. The molecule has 8 heteroatoms. The number of imide groups is 1. The standard InChI is InChI=1S/C16H19Cl2N3O3/c1-9(2)20-16(24)21-13(5-6-14(21)22)15(23)19-8-10-3-4-11(17)7-12(10)18/h3-4,7,9,13H,5-6,8H2,1-2H3,(H,19,23)(H,20,24)/t13-/m0/s1. The van der Waals surface area contributed by atoms with Crippen LogP contribution in [-0.2, 0) is 16.1 Å². The highest BCUT2D eigenvalue weighted by Gasteiger charge is 2.40. The normalized spacial score (nSPS) is 17.3. The van der Waals surface area contributed by atoms with Gasteiger partial charge in [0.2, 0.25) is 11.8 Å². The Bertz CT molecular complexity index is 664. The van der Waals surface area contributed by atoms with E-state index in [0.717, 1.165) is 4.90 Å². The molecule has 130 valence electrons. The molecule has 1 aliphatic heterocycles. The molecule has 1 saturated heterocycles. The lowest BCUT2D eigenvalue weighted by atomic mass is 10.2. The van der Waals surface area contributed by atoms with Crippen LogP contribution in [0.4, 0.5) is 4.79 Å². The Morgan fingerprint density at radius 2 is 2.04 bits per heavy atom. The maximum atomic E-state index is 12.4. The van der Waals surface area contributed by atoms with E-state index in [1.54, 1.807) is 32.0 Å². The topological polar surface area (TPSA) is 78.5 Å². The molecule has 2 N–H and O–H groups in total. The van der Waals surface area contributed by atoms with Crippen molar-refractivity contribution in [1.82, 2.24) is 15.5 Å². The minimum absolute atomic E-state index is 0.123. The van der Waals surface area contributed by atoms with Gasteiger partial charge in [-0.05, 0) is 38.0 Å². The third-order valence-electron chi connectivity index (χ3n) is 3.61. The number of halogens is 2. The van der Waals surface area contributed by atoms with Crippen LogP contribution in [0.5, 0.6) is 0 Å².